The summed E-state index contributed by atoms with van der Waals surface area (Å²) in [5, 5.41) is 1.90. The van der Waals surface area contributed by atoms with Gasteiger partial charge in [0.1, 0.15) is 0 Å². The van der Waals surface area contributed by atoms with Gasteiger partial charge in [-0.05, 0) is 31.1 Å². The van der Waals surface area contributed by atoms with Crippen LogP contribution in [0.1, 0.15) is 40.0 Å². The molecular weight excluding hydrogens is 140 g/mol. The van der Waals surface area contributed by atoms with E-state index in [1.807, 2.05) is 5.41 Å². The zero-order chi connectivity index (χ0) is 7.98. The van der Waals surface area contributed by atoms with E-state index in [1.54, 1.807) is 0 Å². The van der Waals surface area contributed by atoms with Gasteiger partial charge in [-0.15, -0.1) is 0 Å². The highest BCUT2D eigenvalue weighted by atomic mass is 32.1. The van der Waals surface area contributed by atoms with Gasteiger partial charge >= 0.3 is 0 Å². The van der Waals surface area contributed by atoms with Crippen LogP contribution in [-0.4, -0.2) is 0 Å². The van der Waals surface area contributed by atoms with Crippen molar-refractivity contribution in [2.75, 3.05) is 0 Å². The standard InChI is InChI=1S/C9H18S/c1-8(2)5-4-6-9(3)7-10/h7-8,10H,4-6H2,1-3H3/b9-7+. The van der Waals surface area contributed by atoms with Gasteiger partial charge in [0.05, 0.1) is 0 Å². The molecule has 1 heteroatoms. The van der Waals surface area contributed by atoms with Gasteiger partial charge in [0.2, 0.25) is 0 Å². The SMILES string of the molecule is C/C(=C\S)CCCC(C)C. The van der Waals surface area contributed by atoms with Gasteiger partial charge < -0.3 is 0 Å². The zero-order valence-electron chi connectivity index (χ0n) is 7.22. The normalized spacial score (nSPS) is 12.7. The molecule has 0 radical (unpaired) electrons. The van der Waals surface area contributed by atoms with Crippen molar-refractivity contribution in [2.45, 2.75) is 40.0 Å². The summed E-state index contributed by atoms with van der Waals surface area (Å²) in [6.07, 6.45) is 3.85. The maximum atomic E-state index is 4.08. The Kier molecular flexibility index (Phi) is 5.90. The molecule has 0 rings (SSSR count). The van der Waals surface area contributed by atoms with Crippen LogP contribution in [0.25, 0.3) is 0 Å². The number of thiol groups is 1. The molecule has 0 aliphatic heterocycles. The minimum Gasteiger partial charge on any atom is -0.151 e. The lowest BCUT2D eigenvalue weighted by molar-refractivity contribution is 0.555. The highest BCUT2D eigenvalue weighted by molar-refractivity contribution is 7.83. The summed E-state index contributed by atoms with van der Waals surface area (Å²) in [7, 11) is 0. The molecule has 0 aromatic rings. The Bertz CT molecular complexity index is 103. The highest BCUT2D eigenvalue weighted by Crippen LogP contribution is 2.11. The van der Waals surface area contributed by atoms with E-state index in [9.17, 15) is 0 Å². The molecular formula is C9H18S. The summed E-state index contributed by atoms with van der Waals surface area (Å²) < 4.78 is 0. The summed E-state index contributed by atoms with van der Waals surface area (Å²) in [5.41, 5.74) is 1.39. The molecule has 0 aromatic carbocycles. The molecule has 0 aromatic heterocycles. The number of hydrogen-bond donors (Lipinski definition) is 1. The molecule has 0 amide bonds. The molecule has 0 N–H and O–H groups in total. The van der Waals surface area contributed by atoms with Crippen molar-refractivity contribution in [3.63, 3.8) is 0 Å². The maximum absolute atomic E-state index is 4.08. The Morgan fingerprint density at radius 1 is 1.50 bits per heavy atom. The van der Waals surface area contributed by atoms with Crippen LogP contribution in [0.2, 0.25) is 0 Å². The fraction of sp³-hybridized carbons (Fsp3) is 0.778. The van der Waals surface area contributed by atoms with E-state index in [1.165, 1.54) is 24.8 Å². The Morgan fingerprint density at radius 2 is 2.10 bits per heavy atom. The molecule has 0 aliphatic rings. The second-order valence-corrected chi connectivity index (χ2v) is 3.52. The van der Waals surface area contributed by atoms with E-state index in [4.69, 9.17) is 0 Å². The van der Waals surface area contributed by atoms with E-state index >= 15 is 0 Å². The minimum atomic E-state index is 0.840. The summed E-state index contributed by atoms with van der Waals surface area (Å²) in [4.78, 5) is 0. The van der Waals surface area contributed by atoms with Gasteiger partial charge in [0.25, 0.3) is 0 Å². The number of allylic oxidation sites excluding steroid dienone is 1. The third kappa shape index (κ3) is 6.21. The van der Waals surface area contributed by atoms with Crippen LogP contribution in [0.15, 0.2) is 11.0 Å². The van der Waals surface area contributed by atoms with Gasteiger partial charge in [0.15, 0.2) is 0 Å². The first-order valence-electron chi connectivity index (χ1n) is 3.96. The lowest BCUT2D eigenvalue weighted by atomic mass is 10.0. The predicted molar refractivity (Wildman–Crippen MR) is 51.4 cm³/mol. The molecule has 0 saturated heterocycles. The molecule has 0 heterocycles. The van der Waals surface area contributed by atoms with Crippen LogP contribution in [0.5, 0.6) is 0 Å². The van der Waals surface area contributed by atoms with Crippen molar-refractivity contribution in [2.24, 2.45) is 5.92 Å². The lowest BCUT2D eigenvalue weighted by Crippen LogP contribution is -1.86. The Balaban J connectivity index is 3.20. The van der Waals surface area contributed by atoms with E-state index in [0.717, 1.165) is 5.92 Å². The monoisotopic (exact) mass is 158 g/mol. The second-order valence-electron chi connectivity index (χ2n) is 3.26. The molecule has 0 fully saturated rings. The van der Waals surface area contributed by atoms with Crippen molar-refractivity contribution in [3.05, 3.63) is 11.0 Å². The van der Waals surface area contributed by atoms with Crippen molar-refractivity contribution < 1.29 is 0 Å². The van der Waals surface area contributed by atoms with Gasteiger partial charge in [-0.3, -0.25) is 0 Å². The number of rotatable bonds is 4. The Hall–Kier alpha value is 0.0900. The van der Waals surface area contributed by atoms with Crippen LogP contribution in [0.4, 0.5) is 0 Å². The first-order chi connectivity index (χ1) is 4.66. The second kappa shape index (κ2) is 5.84. The van der Waals surface area contributed by atoms with Crippen molar-refractivity contribution in [1.82, 2.24) is 0 Å². The fourth-order valence-electron chi connectivity index (χ4n) is 0.854. The van der Waals surface area contributed by atoms with Gasteiger partial charge in [-0.2, -0.15) is 12.6 Å². The molecule has 0 bridgehead atoms. The average molecular weight is 158 g/mol. The molecule has 0 spiro atoms. The van der Waals surface area contributed by atoms with E-state index in [2.05, 4.69) is 33.4 Å². The van der Waals surface area contributed by atoms with Gasteiger partial charge in [0, 0.05) is 0 Å². The van der Waals surface area contributed by atoms with Crippen molar-refractivity contribution in [3.8, 4) is 0 Å². The minimum absolute atomic E-state index is 0.840. The zero-order valence-corrected chi connectivity index (χ0v) is 8.12. The smallest absolute Gasteiger partial charge is 0.0315 e. The maximum Gasteiger partial charge on any atom is -0.0315 e. The quantitative estimate of drug-likeness (QED) is 0.593. The largest absolute Gasteiger partial charge is 0.151 e. The summed E-state index contributed by atoms with van der Waals surface area (Å²) >= 11 is 4.08. The summed E-state index contributed by atoms with van der Waals surface area (Å²) in [5.74, 6) is 0.840. The number of hydrogen-bond acceptors (Lipinski definition) is 1. The van der Waals surface area contributed by atoms with Gasteiger partial charge in [-0.25, -0.2) is 0 Å². The summed E-state index contributed by atoms with van der Waals surface area (Å²) in [6.45, 7) is 6.66. The molecule has 0 aliphatic carbocycles. The van der Waals surface area contributed by atoms with E-state index in [0.29, 0.717) is 0 Å². The van der Waals surface area contributed by atoms with E-state index in [-0.39, 0.29) is 0 Å². The van der Waals surface area contributed by atoms with Crippen molar-refractivity contribution in [1.29, 1.82) is 0 Å². The third-order valence-corrected chi connectivity index (χ3v) is 2.01. The fourth-order valence-corrected chi connectivity index (χ4v) is 0.983. The highest BCUT2D eigenvalue weighted by Gasteiger charge is 1.93. The van der Waals surface area contributed by atoms with Crippen LogP contribution >= 0.6 is 12.6 Å². The molecule has 0 saturated carbocycles. The van der Waals surface area contributed by atoms with E-state index < -0.39 is 0 Å². The first kappa shape index (κ1) is 10.1. The predicted octanol–water partition coefficient (Wildman–Crippen LogP) is 3.65. The molecule has 0 nitrogen and oxygen atoms in total. The molecule has 10 heavy (non-hydrogen) atoms. The van der Waals surface area contributed by atoms with Gasteiger partial charge in [-0.1, -0.05) is 25.8 Å². The van der Waals surface area contributed by atoms with Crippen LogP contribution in [0, 0.1) is 5.92 Å². The first-order valence-corrected chi connectivity index (χ1v) is 4.48. The topological polar surface area (TPSA) is 0 Å². The molecule has 0 unspecified atom stereocenters. The Morgan fingerprint density at radius 3 is 2.50 bits per heavy atom. The third-order valence-electron chi connectivity index (χ3n) is 1.57. The summed E-state index contributed by atoms with van der Waals surface area (Å²) in [6, 6.07) is 0. The Labute approximate surface area is 70.1 Å². The van der Waals surface area contributed by atoms with Crippen molar-refractivity contribution >= 4 is 12.6 Å². The molecule has 0 atom stereocenters. The van der Waals surface area contributed by atoms with Crippen LogP contribution < -0.4 is 0 Å². The van der Waals surface area contributed by atoms with Crippen LogP contribution in [0.3, 0.4) is 0 Å². The average Bonchev–Trinajstić information content (AvgIpc) is 1.87. The van der Waals surface area contributed by atoms with Crippen LogP contribution in [-0.2, 0) is 0 Å². The lowest BCUT2D eigenvalue weighted by Gasteiger charge is -2.03. The molecule has 60 valence electrons.